The predicted octanol–water partition coefficient (Wildman–Crippen LogP) is 3.79. The number of benzene rings is 2. The second kappa shape index (κ2) is 4.78. The molecule has 96 valence electrons. The Hall–Kier alpha value is -1.68. The molecular weight excluding hydrogens is 309 g/mol. The molecule has 1 heterocycles. The molecule has 0 aliphatic carbocycles. The molecule has 0 unspecified atom stereocenters. The lowest BCUT2D eigenvalue weighted by molar-refractivity contribution is 0.0980. The summed E-state index contributed by atoms with van der Waals surface area (Å²) in [7, 11) is 0. The maximum atomic E-state index is 13.1. The van der Waals surface area contributed by atoms with Crippen LogP contribution >= 0.6 is 15.9 Å². The monoisotopic (exact) mass is 319 g/mol. The van der Waals surface area contributed by atoms with E-state index in [0.29, 0.717) is 16.7 Å². The Morgan fingerprint density at radius 3 is 2.74 bits per heavy atom. The number of anilines is 1. The molecule has 4 heteroatoms. The largest absolute Gasteiger partial charge is 0.307 e. The average molecular weight is 320 g/mol. The van der Waals surface area contributed by atoms with Gasteiger partial charge in [-0.3, -0.25) is 4.79 Å². The van der Waals surface area contributed by atoms with E-state index in [1.165, 1.54) is 12.1 Å². The van der Waals surface area contributed by atoms with E-state index in [1.54, 1.807) is 11.0 Å². The first-order valence-electron chi connectivity index (χ1n) is 6.01. The summed E-state index contributed by atoms with van der Waals surface area (Å²) in [4.78, 5) is 14.2. The van der Waals surface area contributed by atoms with Gasteiger partial charge in [0.1, 0.15) is 5.82 Å². The number of nitrogens with zero attached hydrogens (tertiary/aromatic N) is 1. The number of carbonyl (C=O) groups is 1. The first kappa shape index (κ1) is 12.4. The third-order valence-corrected chi connectivity index (χ3v) is 3.93. The lowest BCUT2D eigenvalue weighted by Crippen LogP contribution is -2.37. The number of rotatable bonds is 1. The minimum Gasteiger partial charge on any atom is -0.307 e. The maximum Gasteiger partial charge on any atom is 0.258 e. The highest BCUT2D eigenvalue weighted by Crippen LogP contribution is 2.31. The van der Waals surface area contributed by atoms with Crippen molar-refractivity contribution in [2.24, 2.45) is 0 Å². The minimum atomic E-state index is -0.319. The molecule has 1 amide bonds. The lowest BCUT2D eigenvalue weighted by Gasteiger charge is -2.29. The molecular formula is C15H11BrFNO. The summed E-state index contributed by atoms with van der Waals surface area (Å²) in [6.45, 7) is 0.611. The number of hydrogen-bond donors (Lipinski definition) is 0. The summed E-state index contributed by atoms with van der Waals surface area (Å²) in [5.41, 5.74) is 2.51. The standard InChI is InChI=1S/C15H11BrFNO/c16-13-9-11(17)5-6-14(13)18-8-7-10-3-1-2-4-12(10)15(18)19/h1-6,9H,7-8H2. The molecule has 0 fully saturated rings. The number of halogens is 2. The van der Waals surface area contributed by atoms with E-state index in [9.17, 15) is 9.18 Å². The molecule has 3 rings (SSSR count). The quantitative estimate of drug-likeness (QED) is 0.783. The number of fused-ring (bicyclic) bond motifs is 1. The lowest BCUT2D eigenvalue weighted by atomic mass is 9.99. The van der Waals surface area contributed by atoms with Gasteiger partial charge in [0.15, 0.2) is 0 Å². The van der Waals surface area contributed by atoms with Crippen LogP contribution in [0.5, 0.6) is 0 Å². The minimum absolute atomic E-state index is 0.0332. The van der Waals surface area contributed by atoms with E-state index in [2.05, 4.69) is 15.9 Å². The van der Waals surface area contributed by atoms with Crippen LogP contribution in [0, 0.1) is 5.82 Å². The molecule has 19 heavy (non-hydrogen) atoms. The molecule has 2 nitrogen and oxygen atoms in total. The molecule has 0 radical (unpaired) electrons. The average Bonchev–Trinajstić information content (AvgIpc) is 2.41. The smallest absolute Gasteiger partial charge is 0.258 e. The van der Waals surface area contributed by atoms with Crippen molar-refractivity contribution in [2.75, 3.05) is 11.4 Å². The van der Waals surface area contributed by atoms with Crippen molar-refractivity contribution in [3.05, 3.63) is 63.9 Å². The van der Waals surface area contributed by atoms with Gasteiger partial charge in [0.05, 0.1) is 5.69 Å². The van der Waals surface area contributed by atoms with Gasteiger partial charge < -0.3 is 4.90 Å². The second-order valence-electron chi connectivity index (χ2n) is 4.46. The summed E-state index contributed by atoms with van der Waals surface area (Å²) in [6, 6.07) is 12.0. The molecule has 2 aromatic carbocycles. The van der Waals surface area contributed by atoms with Crippen LogP contribution in [-0.2, 0) is 6.42 Å². The van der Waals surface area contributed by atoms with E-state index in [-0.39, 0.29) is 11.7 Å². The van der Waals surface area contributed by atoms with E-state index in [1.807, 2.05) is 24.3 Å². The Balaban J connectivity index is 2.02. The summed E-state index contributed by atoms with van der Waals surface area (Å²) < 4.78 is 13.7. The van der Waals surface area contributed by atoms with Gasteiger partial charge in [0, 0.05) is 16.6 Å². The zero-order valence-corrected chi connectivity index (χ0v) is 11.7. The van der Waals surface area contributed by atoms with Crippen LogP contribution < -0.4 is 4.90 Å². The van der Waals surface area contributed by atoms with Crippen molar-refractivity contribution >= 4 is 27.5 Å². The van der Waals surface area contributed by atoms with Crippen LogP contribution in [0.25, 0.3) is 0 Å². The highest BCUT2D eigenvalue weighted by Gasteiger charge is 2.26. The van der Waals surface area contributed by atoms with Gasteiger partial charge in [0.2, 0.25) is 0 Å². The van der Waals surface area contributed by atoms with Crippen molar-refractivity contribution in [2.45, 2.75) is 6.42 Å². The first-order valence-corrected chi connectivity index (χ1v) is 6.81. The molecule has 2 aromatic rings. The van der Waals surface area contributed by atoms with E-state index in [0.717, 1.165) is 17.5 Å². The summed E-state index contributed by atoms with van der Waals surface area (Å²) >= 11 is 3.32. The molecule has 1 aliphatic rings. The number of amides is 1. The Bertz CT molecular complexity index is 656. The molecule has 0 aromatic heterocycles. The Morgan fingerprint density at radius 2 is 1.95 bits per heavy atom. The second-order valence-corrected chi connectivity index (χ2v) is 5.31. The van der Waals surface area contributed by atoms with Crippen molar-refractivity contribution in [1.29, 1.82) is 0 Å². The van der Waals surface area contributed by atoms with Crippen molar-refractivity contribution < 1.29 is 9.18 Å². The molecule has 0 saturated heterocycles. The Morgan fingerprint density at radius 1 is 1.16 bits per heavy atom. The molecule has 0 N–H and O–H groups in total. The SMILES string of the molecule is O=C1c2ccccc2CCN1c1ccc(F)cc1Br. The first-order chi connectivity index (χ1) is 9.16. The molecule has 0 atom stereocenters. The number of carbonyl (C=O) groups excluding carboxylic acids is 1. The molecule has 1 aliphatic heterocycles. The number of hydrogen-bond acceptors (Lipinski definition) is 1. The topological polar surface area (TPSA) is 20.3 Å². The van der Waals surface area contributed by atoms with Crippen LogP contribution in [0.4, 0.5) is 10.1 Å². The van der Waals surface area contributed by atoms with Gasteiger partial charge in [-0.2, -0.15) is 0 Å². The summed E-state index contributed by atoms with van der Waals surface area (Å²) in [5, 5.41) is 0. The van der Waals surface area contributed by atoms with Gasteiger partial charge in [-0.05, 0) is 52.2 Å². The fourth-order valence-corrected chi connectivity index (χ4v) is 2.92. The van der Waals surface area contributed by atoms with Gasteiger partial charge in [-0.1, -0.05) is 18.2 Å². The molecule has 0 spiro atoms. The van der Waals surface area contributed by atoms with Crippen LogP contribution in [-0.4, -0.2) is 12.5 Å². The van der Waals surface area contributed by atoms with Crippen molar-refractivity contribution in [3.63, 3.8) is 0 Å². The Kier molecular flexibility index (Phi) is 3.11. The third-order valence-electron chi connectivity index (χ3n) is 3.30. The van der Waals surface area contributed by atoms with Gasteiger partial charge in [-0.15, -0.1) is 0 Å². The zero-order valence-electron chi connectivity index (χ0n) is 10.1. The Labute approximate surface area is 119 Å². The predicted molar refractivity (Wildman–Crippen MR) is 75.9 cm³/mol. The van der Waals surface area contributed by atoms with Crippen LogP contribution in [0.15, 0.2) is 46.9 Å². The van der Waals surface area contributed by atoms with E-state index >= 15 is 0 Å². The maximum absolute atomic E-state index is 13.1. The fraction of sp³-hybridized carbons (Fsp3) is 0.133. The summed E-state index contributed by atoms with van der Waals surface area (Å²) in [5.74, 6) is -0.352. The molecule has 0 saturated carbocycles. The van der Waals surface area contributed by atoms with Crippen LogP contribution in [0.1, 0.15) is 15.9 Å². The summed E-state index contributed by atoms with van der Waals surface area (Å²) in [6.07, 6.45) is 0.811. The van der Waals surface area contributed by atoms with Crippen LogP contribution in [0.3, 0.4) is 0 Å². The molecule has 0 bridgehead atoms. The van der Waals surface area contributed by atoms with Gasteiger partial charge in [-0.25, -0.2) is 4.39 Å². The van der Waals surface area contributed by atoms with Gasteiger partial charge in [0.25, 0.3) is 5.91 Å². The van der Waals surface area contributed by atoms with Crippen molar-refractivity contribution in [3.8, 4) is 0 Å². The third kappa shape index (κ3) is 2.16. The fourth-order valence-electron chi connectivity index (χ4n) is 2.36. The van der Waals surface area contributed by atoms with E-state index in [4.69, 9.17) is 0 Å². The van der Waals surface area contributed by atoms with E-state index < -0.39 is 0 Å². The van der Waals surface area contributed by atoms with Crippen LogP contribution in [0.2, 0.25) is 0 Å². The van der Waals surface area contributed by atoms with Gasteiger partial charge >= 0.3 is 0 Å². The highest BCUT2D eigenvalue weighted by molar-refractivity contribution is 9.10. The highest BCUT2D eigenvalue weighted by atomic mass is 79.9. The zero-order chi connectivity index (χ0) is 13.4. The normalized spacial score (nSPS) is 14.4. The van der Waals surface area contributed by atoms with Crippen molar-refractivity contribution in [1.82, 2.24) is 0 Å².